The van der Waals surface area contributed by atoms with Gasteiger partial charge in [-0.2, -0.15) is 0 Å². The van der Waals surface area contributed by atoms with Crippen LogP contribution in [0.5, 0.6) is 0 Å². The Morgan fingerprint density at radius 2 is 1.58 bits per heavy atom. The molecule has 0 unspecified atom stereocenters. The maximum Gasteiger partial charge on any atom is 0.245 e. The summed E-state index contributed by atoms with van der Waals surface area (Å²) < 4.78 is 30.3. The Morgan fingerprint density at radius 3 is 1.89 bits per heavy atom. The van der Waals surface area contributed by atoms with Crippen LogP contribution in [0.3, 0.4) is 0 Å². The van der Waals surface area contributed by atoms with Gasteiger partial charge >= 0.3 is 0 Å². The second kappa shape index (κ2) is 11.6. The Hall–Kier alpha value is -0.180. The van der Waals surface area contributed by atoms with Crippen molar-refractivity contribution in [2.75, 3.05) is 13.7 Å². The zero-order valence-corrected chi connectivity index (χ0v) is 13.8. The van der Waals surface area contributed by atoms with E-state index in [0.717, 1.165) is 26.4 Å². The summed E-state index contributed by atoms with van der Waals surface area (Å²) in [5.41, 5.74) is 0.331. The zero-order chi connectivity index (χ0) is 15.4. The summed E-state index contributed by atoms with van der Waals surface area (Å²) in [6, 6.07) is 0. The maximum atomic E-state index is 12.6. The number of hydrogen-bond donors (Lipinski definition) is 0. The van der Waals surface area contributed by atoms with Crippen molar-refractivity contribution in [3.63, 3.8) is 0 Å². The summed E-state index contributed by atoms with van der Waals surface area (Å²) in [6.07, 6.45) is 6.31. The quantitative estimate of drug-likeness (QED) is 0.514. The maximum absolute atomic E-state index is 12.6. The van der Waals surface area contributed by atoms with Gasteiger partial charge in [0.15, 0.2) is 0 Å². The molecule has 1 aliphatic rings. The van der Waals surface area contributed by atoms with E-state index in [0.29, 0.717) is 11.8 Å². The van der Waals surface area contributed by atoms with Gasteiger partial charge in [-0.15, -0.1) is 0 Å². The third kappa shape index (κ3) is 10.3. The van der Waals surface area contributed by atoms with Crippen molar-refractivity contribution in [2.24, 2.45) is 5.41 Å². The third-order valence-corrected chi connectivity index (χ3v) is 3.44. The summed E-state index contributed by atoms with van der Waals surface area (Å²) in [5.74, 6) is -2.49. The monoisotopic (exact) mass is 280 g/mol. The average Bonchev–Trinajstić information content (AvgIpc) is 2.35. The minimum absolute atomic E-state index is 0.0239. The number of halogens is 2. The molecule has 1 saturated carbocycles. The van der Waals surface area contributed by atoms with E-state index in [9.17, 15) is 8.78 Å². The molecule has 1 nitrogen and oxygen atoms in total. The number of methoxy groups -OCH3 is 1. The lowest BCUT2D eigenvalue weighted by Gasteiger charge is -2.41. The Balaban J connectivity index is 0. The summed E-state index contributed by atoms with van der Waals surface area (Å²) in [6.45, 7) is 9.80. The number of hydrogen-bond acceptors (Lipinski definition) is 1. The molecule has 0 atom stereocenters. The van der Waals surface area contributed by atoms with Crippen LogP contribution < -0.4 is 0 Å². The predicted octanol–water partition coefficient (Wildman–Crippen LogP) is 6.07. The Labute approximate surface area is 119 Å². The molecule has 3 heteroatoms. The molecule has 0 aromatic heterocycles. The molecular weight excluding hydrogens is 246 g/mol. The highest BCUT2D eigenvalue weighted by atomic mass is 19.3. The molecule has 0 N–H and O–H groups in total. The minimum Gasteiger partial charge on any atom is -0.384 e. The first-order valence-corrected chi connectivity index (χ1v) is 7.84. The van der Waals surface area contributed by atoms with Gasteiger partial charge in [-0.3, -0.25) is 0 Å². The van der Waals surface area contributed by atoms with Gasteiger partial charge in [0.1, 0.15) is 0 Å². The van der Waals surface area contributed by atoms with E-state index in [4.69, 9.17) is 4.74 Å². The molecule has 118 valence electrons. The lowest BCUT2D eigenvalue weighted by Crippen LogP contribution is -2.34. The van der Waals surface area contributed by atoms with E-state index < -0.39 is 5.92 Å². The smallest absolute Gasteiger partial charge is 0.245 e. The van der Waals surface area contributed by atoms with Crippen molar-refractivity contribution < 1.29 is 13.5 Å². The molecule has 1 rings (SSSR count). The first kappa shape index (κ1) is 21.1. The van der Waals surface area contributed by atoms with Gasteiger partial charge in [0.2, 0.25) is 5.92 Å². The number of alkyl halides is 2. The number of rotatable bonds is 7. The summed E-state index contributed by atoms with van der Waals surface area (Å²) in [7, 11) is 1.72. The van der Waals surface area contributed by atoms with Crippen LogP contribution in [0.25, 0.3) is 0 Å². The van der Waals surface area contributed by atoms with Crippen LogP contribution in [0.2, 0.25) is 0 Å². The van der Waals surface area contributed by atoms with Crippen LogP contribution in [-0.2, 0) is 4.74 Å². The fraction of sp³-hybridized carbons (Fsp3) is 1.00. The van der Waals surface area contributed by atoms with Crippen LogP contribution in [0.15, 0.2) is 0 Å². The van der Waals surface area contributed by atoms with Gasteiger partial charge in [0, 0.05) is 13.5 Å². The van der Waals surface area contributed by atoms with Gasteiger partial charge in [-0.25, -0.2) is 8.78 Å². The van der Waals surface area contributed by atoms with Crippen LogP contribution in [0.1, 0.15) is 79.6 Å². The molecule has 0 saturated heterocycles. The first-order chi connectivity index (χ1) is 8.97. The van der Waals surface area contributed by atoms with E-state index in [1.165, 1.54) is 19.3 Å². The van der Waals surface area contributed by atoms with Gasteiger partial charge in [-0.05, 0) is 38.0 Å². The third-order valence-electron chi connectivity index (χ3n) is 3.44. The first-order valence-electron chi connectivity index (χ1n) is 7.84. The molecule has 0 aliphatic heterocycles. The molecule has 1 fully saturated rings. The lowest BCUT2D eigenvalue weighted by atomic mass is 9.66. The molecular formula is C16H34F2O. The van der Waals surface area contributed by atoms with E-state index in [1.807, 2.05) is 27.7 Å². The van der Waals surface area contributed by atoms with Gasteiger partial charge in [0.25, 0.3) is 0 Å². The van der Waals surface area contributed by atoms with E-state index >= 15 is 0 Å². The topological polar surface area (TPSA) is 9.23 Å². The molecule has 0 aromatic rings. The molecule has 1 aliphatic carbocycles. The summed E-state index contributed by atoms with van der Waals surface area (Å²) >= 11 is 0. The van der Waals surface area contributed by atoms with Crippen molar-refractivity contribution in [1.82, 2.24) is 0 Å². The predicted molar refractivity (Wildman–Crippen MR) is 79.9 cm³/mol. The molecule has 0 radical (unpaired) electrons. The van der Waals surface area contributed by atoms with Crippen molar-refractivity contribution >= 4 is 0 Å². The fourth-order valence-corrected chi connectivity index (χ4v) is 2.38. The Bertz CT molecular complexity index is 184. The van der Waals surface area contributed by atoms with Crippen molar-refractivity contribution in [2.45, 2.75) is 85.5 Å². The molecule has 19 heavy (non-hydrogen) atoms. The van der Waals surface area contributed by atoms with Crippen molar-refractivity contribution in [3.05, 3.63) is 0 Å². The van der Waals surface area contributed by atoms with Crippen molar-refractivity contribution in [3.8, 4) is 0 Å². The zero-order valence-electron chi connectivity index (χ0n) is 13.8. The lowest BCUT2D eigenvalue weighted by molar-refractivity contribution is -0.00340. The van der Waals surface area contributed by atoms with Crippen LogP contribution in [-0.4, -0.2) is 19.6 Å². The summed E-state index contributed by atoms with van der Waals surface area (Å²) in [4.78, 5) is 0. The van der Waals surface area contributed by atoms with E-state index in [-0.39, 0.29) is 6.42 Å². The molecule has 0 aromatic carbocycles. The molecule has 0 amide bonds. The van der Waals surface area contributed by atoms with Gasteiger partial charge < -0.3 is 4.74 Å². The highest BCUT2D eigenvalue weighted by Crippen LogP contribution is 2.45. The van der Waals surface area contributed by atoms with Crippen LogP contribution in [0.4, 0.5) is 8.78 Å². The standard InChI is InChI=1S/C12H22F2O.2C2H6/c1-11(13,14)6-3-4-7-12(10-15-2)8-5-9-12;2*1-2/h3-10H2,1-2H3;2*1-2H3. The van der Waals surface area contributed by atoms with E-state index in [2.05, 4.69) is 0 Å². The van der Waals surface area contributed by atoms with Crippen molar-refractivity contribution in [1.29, 1.82) is 0 Å². The van der Waals surface area contributed by atoms with E-state index in [1.54, 1.807) is 7.11 Å². The summed E-state index contributed by atoms with van der Waals surface area (Å²) in [5, 5.41) is 0. The minimum atomic E-state index is -2.49. The fourth-order valence-electron chi connectivity index (χ4n) is 2.38. The molecule has 0 bridgehead atoms. The van der Waals surface area contributed by atoms with Gasteiger partial charge in [0.05, 0.1) is 6.61 Å². The highest BCUT2D eigenvalue weighted by Gasteiger charge is 2.36. The normalized spacial score (nSPS) is 16.4. The highest BCUT2D eigenvalue weighted by molar-refractivity contribution is 4.87. The second-order valence-corrected chi connectivity index (χ2v) is 5.06. The number of ether oxygens (including phenoxy) is 1. The van der Waals surface area contributed by atoms with Crippen LogP contribution in [0, 0.1) is 5.41 Å². The molecule has 0 spiro atoms. The largest absolute Gasteiger partial charge is 0.384 e. The van der Waals surface area contributed by atoms with Gasteiger partial charge in [-0.1, -0.05) is 40.5 Å². The Morgan fingerprint density at radius 1 is 1.05 bits per heavy atom. The Kier molecular flexibility index (Phi) is 12.9. The molecule has 0 heterocycles. The van der Waals surface area contributed by atoms with Crippen LogP contribution >= 0.6 is 0 Å². The number of unbranched alkanes of at least 4 members (excludes halogenated alkanes) is 1. The average molecular weight is 280 g/mol. The second-order valence-electron chi connectivity index (χ2n) is 5.06. The SMILES string of the molecule is CC.CC.COCC1(CCCCC(C)(F)F)CCC1.